The summed E-state index contributed by atoms with van der Waals surface area (Å²) in [7, 11) is 0. The first-order chi connectivity index (χ1) is 53.4. The Bertz CT molecular complexity index is 5800. The Hall–Kier alpha value is -11.3. The van der Waals surface area contributed by atoms with Gasteiger partial charge in [0.25, 0.3) is 0 Å². The lowest BCUT2D eigenvalue weighted by molar-refractivity contribution is -0.0399. The van der Waals surface area contributed by atoms with Crippen molar-refractivity contribution in [1.29, 1.82) is 0 Å². The van der Waals surface area contributed by atoms with Crippen molar-refractivity contribution in [3.8, 4) is 66.8 Å². The zero-order valence-electron chi connectivity index (χ0n) is 60.6. The number of rotatable bonds is 10. The minimum absolute atomic E-state index is 0.204. The average molecular weight is 1410 g/mol. The Morgan fingerprint density at radius 1 is 0.241 bits per heavy atom. The summed E-state index contributed by atoms with van der Waals surface area (Å²) in [6, 6.07) is 122. The number of para-hydroxylation sites is 3. The zero-order chi connectivity index (χ0) is 70.8. The van der Waals surface area contributed by atoms with Gasteiger partial charge in [-0.15, -0.1) is 11.3 Å². The monoisotopic (exact) mass is 1410 g/mol. The van der Waals surface area contributed by atoms with E-state index in [2.05, 4.69) is 331 Å². The maximum absolute atomic E-state index is 6.26. The molecule has 26 rings (SSSR count). The normalized spacial score (nSPS) is 23.3. The van der Waals surface area contributed by atoms with E-state index in [-0.39, 0.29) is 10.8 Å². The van der Waals surface area contributed by atoms with Gasteiger partial charge in [-0.05, 0) is 287 Å². The molecule has 520 valence electrons. The third-order valence-corrected chi connectivity index (χ3v) is 28.9. The molecule has 4 heteroatoms. The molecular formula is C104H82N2OS. The molecule has 0 atom stereocenters. The molecule has 10 aliphatic rings. The van der Waals surface area contributed by atoms with Crippen molar-refractivity contribution in [2.45, 2.75) is 75.0 Å². The van der Waals surface area contributed by atoms with Gasteiger partial charge in [0.05, 0.1) is 11.4 Å². The number of fused-ring (bicyclic) bond motifs is 12. The average Bonchev–Trinajstić information content (AvgIpc) is 1.50. The number of hydrogen-bond donors (Lipinski definition) is 0. The van der Waals surface area contributed by atoms with Crippen molar-refractivity contribution >= 4 is 87.6 Å². The van der Waals surface area contributed by atoms with Crippen LogP contribution in [0.2, 0.25) is 0 Å². The lowest BCUT2D eigenvalue weighted by Crippen LogP contribution is -2.55. The molecule has 0 unspecified atom stereocenters. The van der Waals surface area contributed by atoms with Gasteiger partial charge in [-0.25, -0.2) is 0 Å². The summed E-state index contributed by atoms with van der Waals surface area (Å²) in [6.07, 6.45) is 14.3. The smallest absolute Gasteiger partial charge is 0.135 e. The van der Waals surface area contributed by atoms with Crippen LogP contribution in [0.5, 0.6) is 0 Å². The van der Waals surface area contributed by atoms with Crippen LogP contribution in [-0.4, -0.2) is 0 Å². The summed E-state index contributed by atoms with van der Waals surface area (Å²) in [6.45, 7) is 0. The summed E-state index contributed by atoms with van der Waals surface area (Å²) in [5.41, 5.74) is 31.4. The van der Waals surface area contributed by atoms with Gasteiger partial charge in [-0.2, -0.15) is 0 Å². The molecule has 0 amide bonds. The summed E-state index contributed by atoms with van der Waals surface area (Å²) in [4.78, 5) is 4.86. The molecule has 3 nitrogen and oxygen atoms in total. The molecule has 2 spiro atoms. The molecule has 14 aromatic carbocycles. The number of benzene rings is 14. The topological polar surface area (TPSA) is 19.6 Å². The molecule has 8 saturated carbocycles. The van der Waals surface area contributed by atoms with E-state index < -0.39 is 0 Å². The second-order valence-corrected chi connectivity index (χ2v) is 34.1. The van der Waals surface area contributed by atoms with Gasteiger partial charge in [0.1, 0.15) is 11.2 Å². The third kappa shape index (κ3) is 9.57. The number of furan rings is 1. The fourth-order valence-corrected chi connectivity index (χ4v) is 25.0. The van der Waals surface area contributed by atoms with Crippen molar-refractivity contribution in [2.75, 3.05) is 9.80 Å². The van der Waals surface area contributed by atoms with Gasteiger partial charge in [-0.1, -0.05) is 231 Å². The fraction of sp³-hybridized carbons (Fsp3) is 0.192. The molecule has 2 heterocycles. The molecule has 0 radical (unpaired) electrons. The molecule has 108 heavy (non-hydrogen) atoms. The quantitative estimate of drug-likeness (QED) is 0.136. The second-order valence-electron chi connectivity index (χ2n) is 33.0. The highest BCUT2D eigenvalue weighted by atomic mass is 32.1. The lowest BCUT2D eigenvalue weighted by atomic mass is 9.43. The molecule has 0 N–H and O–H groups in total. The summed E-state index contributed by atoms with van der Waals surface area (Å²) in [5.74, 6) is 6.96. The molecule has 0 aliphatic heterocycles. The SMILES string of the molecule is c1ccc(-c2ccccc2N(c2ccc(-c3ccc4c(c3)-c3ccccc3C43C4CC5CC(C4)CC3C5)cc2)c2ccc3oc4ccccc4c3c2)cc1.c1ccc(-c2ccccc2N(c2ccc(-c3ccc4c(c3)-c3ccccc3C43C4CC5CC(C4)CC3C5)cc2)c2ccc3sc4ccccc4c3c2)cc1. The maximum Gasteiger partial charge on any atom is 0.135 e. The molecule has 2 aromatic heterocycles. The zero-order valence-corrected chi connectivity index (χ0v) is 61.4. The second kappa shape index (κ2) is 24.6. The van der Waals surface area contributed by atoms with E-state index in [1.54, 1.807) is 22.3 Å². The van der Waals surface area contributed by atoms with E-state index in [0.29, 0.717) is 0 Å². The number of thiophene rings is 1. The van der Waals surface area contributed by atoms with E-state index in [1.165, 1.54) is 157 Å². The van der Waals surface area contributed by atoms with Crippen molar-refractivity contribution in [1.82, 2.24) is 0 Å². The van der Waals surface area contributed by atoms with Crippen LogP contribution in [0.1, 0.15) is 86.5 Å². The van der Waals surface area contributed by atoms with Gasteiger partial charge in [0.15, 0.2) is 0 Å². The van der Waals surface area contributed by atoms with Crippen LogP contribution < -0.4 is 9.80 Å². The van der Waals surface area contributed by atoms with Gasteiger partial charge in [0.2, 0.25) is 0 Å². The number of nitrogens with zero attached hydrogens (tertiary/aromatic N) is 2. The molecule has 10 aliphatic carbocycles. The van der Waals surface area contributed by atoms with Gasteiger partial charge >= 0.3 is 0 Å². The van der Waals surface area contributed by atoms with Crippen molar-refractivity contribution in [3.63, 3.8) is 0 Å². The van der Waals surface area contributed by atoms with Gasteiger partial charge < -0.3 is 14.2 Å². The number of hydrogen-bond acceptors (Lipinski definition) is 4. The highest BCUT2D eigenvalue weighted by molar-refractivity contribution is 7.25. The van der Waals surface area contributed by atoms with Crippen LogP contribution in [-0.2, 0) is 10.8 Å². The minimum atomic E-state index is 0.204. The first-order valence-electron chi connectivity index (χ1n) is 39.9. The van der Waals surface area contributed by atoms with E-state index in [4.69, 9.17) is 4.42 Å². The molecule has 16 aromatic rings. The third-order valence-electron chi connectivity index (χ3n) is 27.7. The largest absolute Gasteiger partial charge is 0.456 e. The van der Waals surface area contributed by atoms with E-state index in [1.807, 2.05) is 17.4 Å². The lowest BCUT2D eigenvalue weighted by Gasteiger charge is -2.61. The highest BCUT2D eigenvalue weighted by Crippen LogP contribution is 2.71. The summed E-state index contributed by atoms with van der Waals surface area (Å²) in [5, 5.41) is 4.88. The first-order valence-corrected chi connectivity index (χ1v) is 40.7. The first kappa shape index (κ1) is 62.9. The Labute approximate surface area is 636 Å². The number of anilines is 6. The van der Waals surface area contributed by atoms with Crippen LogP contribution >= 0.6 is 11.3 Å². The molecule has 8 bridgehead atoms. The van der Waals surface area contributed by atoms with Crippen LogP contribution in [0.25, 0.3) is 109 Å². The van der Waals surface area contributed by atoms with Crippen molar-refractivity contribution in [3.05, 3.63) is 350 Å². The van der Waals surface area contributed by atoms with Crippen LogP contribution in [0.4, 0.5) is 34.1 Å². The summed E-state index contributed by atoms with van der Waals surface area (Å²) >= 11 is 1.87. The molecule has 8 fully saturated rings. The van der Waals surface area contributed by atoms with Gasteiger partial charge in [0, 0.05) is 75.7 Å². The maximum atomic E-state index is 6.26. The van der Waals surface area contributed by atoms with Crippen molar-refractivity contribution in [2.24, 2.45) is 47.3 Å². The van der Waals surface area contributed by atoms with Crippen LogP contribution in [0.3, 0.4) is 0 Å². The van der Waals surface area contributed by atoms with Crippen LogP contribution in [0, 0.1) is 47.3 Å². The Kier molecular flexibility index (Phi) is 14.3. The predicted molar refractivity (Wildman–Crippen MR) is 451 cm³/mol. The van der Waals surface area contributed by atoms with Gasteiger partial charge in [-0.3, -0.25) is 0 Å². The standard InChI is InChI=1S/C52H41NO.C52H41NS/c2*1-2-10-36(11-3-1)42-12-5-8-16-49(42)53(41-23-25-51-46(32-41)44-14-6-9-17-50(44)54-51)40-21-18-35(19-22-40)37-20-24-48-45(31-37)43-13-4-7-15-47(43)52(48)38-27-33-26-34(29-38)30-39(52)28-33/h2*1-25,31-34,38-39H,26-30H2. The molecular weight excluding hydrogens is 1330 g/mol. The molecule has 0 saturated heterocycles. The Morgan fingerprint density at radius 2 is 0.611 bits per heavy atom. The predicted octanol–water partition coefficient (Wildman–Crippen LogP) is 28.7. The van der Waals surface area contributed by atoms with E-state index >= 15 is 0 Å². The minimum Gasteiger partial charge on any atom is -0.456 e. The van der Waals surface area contributed by atoms with E-state index in [9.17, 15) is 0 Å². The Balaban J connectivity index is 0.000000130. The fourth-order valence-electron chi connectivity index (χ4n) is 23.9. The van der Waals surface area contributed by atoms with Crippen molar-refractivity contribution < 1.29 is 4.42 Å². The summed E-state index contributed by atoms with van der Waals surface area (Å²) < 4.78 is 8.91. The Morgan fingerprint density at radius 3 is 1.12 bits per heavy atom. The highest BCUT2D eigenvalue weighted by Gasteiger charge is 2.63. The van der Waals surface area contributed by atoms with E-state index in [0.717, 1.165) is 97.7 Å². The van der Waals surface area contributed by atoms with Crippen LogP contribution in [0.15, 0.2) is 332 Å².